The number of carbonyl (C=O) groups excluding carboxylic acids is 1. The molecule has 0 fully saturated rings. The molecule has 2 heterocycles. The fraction of sp³-hybridized carbons (Fsp3) is 0.143. The first-order valence-electron chi connectivity index (χ1n) is 9.10. The summed E-state index contributed by atoms with van der Waals surface area (Å²) in [6, 6.07) is 10.7. The average Bonchev–Trinajstić information content (AvgIpc) is 3.31. The van der Waals surface area contributed by atoms with Gasteiger partial charge in [-0.25, -0.2) is 13.8 Å². The zero-order valence-electron chi connectivity index (χ0n) is 16.5. The van der Waals surface area contributed by atoms with E-state index >= 15 is 0 Å². The molecular weight excluding hydrogens is 390 g/mol. The van der Waals surface area contributed by atoms with Crippen LogP contribution in [0.1, 0.15) is 16.1 Å². The minimum Gasteiger partial charge on any atom is -0.316 e. The van der Waals surface area contributed by atoms with E-state index in [9.17, 15) is 13.6 Å². The zero-order chi connectivity index (χ0) is 21.4. The molecule has 1 N–H and O–H groups in total. The lowest BCUT2D eigenvalue weighted by Crippen LogP contribution is -2.15. The van der Waals surface area contributed by atoms with E-state index < -0.39 is 23.2 Å². The first-order valence-corrected chi connectivity index (χ1v) is 9.10. The number of para-hydroxylation sites is 1. The summed E-state index contributed by atoms with van der Waals surface area (Å²) in [6.45, 7) is 1.94. The molecule has 0 saturated heterocycles. The van der Waals surface area contributed by atoms with Crippen molar-refractivity contribution >= 4 is 11.6 Å². The van der Waals surface area contributed by atoms with Crippen LogP contribution in [0.15, 0.2) is 48.8 Å². The van der Waals surface area contributed by atoms with Crippen LogP contribution in [-0.2, 0) is 14.1 Å². The molecule has 0 unspecified atom stereocenters. The van der Waals surface area contributed by atoms with E-state index in [4.69, 9.17) is 0 Å². The average molecular weight is 408 g/mol. The van der Waals surface area contributed by atoms with Gasteiger partial charge in [-0.3, -0.25) is 14.2 Å². The van der Waals surface area contributed by atoms with Crippen molar-refractivity contribution in [2.24, 2.45) is 14.1 Å². The molecule has 1 amide bonds. The van der Waals surface area contributed by atoms with E-state index in [2.05, 4.69) is 20.5 Å². The van der Waals surface area contributed by atoms with Crippen LogP contribution in [0.5, 0.6) is 0 Å². The Morgan fingerprint density at radius 2 is 1.77 bits per heavy atom. The number of rotatable bonds is 4. The third-order valence-corrected chi connectivity index (χ3v) is 4.69. The maximum atomic E-state index is 13.8. The molecule has 30 heavy (non-hydrogen) atoms. The van der Waals surface area contributed by atoms with Crippen molar-refractivity contribution in [2.45, 2.75) is 6.92 Å². The van der Waals surface area contributed by atoms with E-state index in [-0.39, 0.29) is 5.69 Å². The van der Waals surface area contributed by atoms with Crippen LogP contribution < -0.4 is 5.32 Å². The Hall–Kier alpha value is -3.88. The molecular formula is C21H18F2N6O. The normalized spacial score (nSPS) is 11.0. The molecule has 0 spiro atoms. The van der Waals surface area contributed by atoms with Gasteiger partial charge in [0.15, 0.2) is 11.5 Å². The highest BCUT2D eigenvalue weighted by Crippen LogP contribution is 2.29. The molecule has 0 bridgehead atoms. The number of nitrogens with zero attached hydrogens (tertiary/aromatic N) is 5. The van der Waals surface area contributed by atoms with Gasteiger partial charge in [0, 0.05) is 25.2 Å². The Labute approximate surface area is 171 Å². The first-order chi connectivity index (χ1) is 14.3. The van der Waals surface area contributed by atoms with Crippen molar-refractivity contribution in [3.63, 3.8) is 0 Å². The van der Waals surface area contributed by atoms with Gasteiger partial charge in [0.25, 0.3) is 5.91 Å². The summed E-state index contributed by atoms with van der Waals surface area (Å²) in [6.07, 6.45) is 1.61. The fourth-order valence-electron chi connectivity index (χ4n) is 3.13. The number of hydrogen-bond acceptors (Lipinski definition) is 4. The van der Waals surface area contributed by atoms with Gasteiger partial charge < -0.3 is 5.32 Å². The van der Waals surface area contributed by atoms with Crippen LogP contribution in [-0.4, -0.2) is 30.5 Å². The number of halogens is 2. The molecule has 2 aromatic heterocycles. The summed E-state index contributed by atoms with van der Waals surface area (Å²) in [5.74, 6) is -1.84. The third-order valence-electron chi connectivity index (χ3n) is 4.69. The van der Waals surface area contributed by atoms with Crippen LogP contribution in [0.4, 0.5) is 14.5 Å². The number of amides is 1. The Kier molecular flexibility index (Phi) is 4.86. The molecule has 0 aliphatic rings. The maximum absolute atomic E-state index is 13.8. The number of anilines is 1. The lowest BCUT2D eigenvalue weighted by molar-refractivity contribution is 0.102. The third kappa shape index (κ3) is 3.57. The van der Waals surface area contributed by atoms with Crippen molar-refractivity contribution in [3.8, 4) is 22.6 Å². The quantitative estimate of drug-likeness (QED) is 0.558. The van der Waals surface area contributed by atoms with Crippen molar-refractivity contribution in [2.75, 3.05) is 5.32 Å². The lowest BCUT2D eigenvalue weighted by Gasteiger charge is -2.07. The van der Waals surface area contributed by atoms with E-state index in [1.807, 2.05) is 25.1 Å². The van der Waals surface area contributed by atoms with E-state index in [0.717, 1.165) is 28.8 Å². The summed E-state index contributed by atoms with van der Waals surface area (Å²) in [5.41, 5.74) is 2.82. The summed E-state index contributed by atoms with van der Waals surface area (Å²) < 4.78 is 30.8. The molecule has 0 radical (unpaired) electrons. The minimum atomic E-state index is -0.856. The fourth-order valence-corrected chi connectivity index (χ4v) is 3.13. The van der Waals surface area contributed by atoms with Crippen LogP contribution in [0.3, 0.4) is 0 Å². The van der Waals surface area contributed by atoms with Crippen LogP contribution in [0.2, 0.25) is 0 Å². The predicted molar refractivity (Wildman–Crippen MR) is 108 cm³/mol. The first kappa shape index (κ1) is 19.4. The smallest absolute Gasteiger partial charge is 0.276 e. The van der Waals surface area contributed by atoms with E-state index in [1.165, 1.54) is 6.07 Å². The zero-order valence-corrected chi connectivity index (χ0v) is 16.5. The van der Waals surface area contributed by atoms with Crippen LogP contribution in [0.25, 0.3) is 22.6 Å². The Balaban J connectivity index is 1.68. The topological polar surface area (TPSA) is 77.6 Å². The molecule has 0 atom stereocenters. The second-order valence-electron chi connectivity index (χ2n) is 6.86. The number of nitrogens with one attached hydrogen (secondary N) is 1. The highest BCUT2D eigenvalue weighted by molar-refractivity contribution is 6.03. The molecule has 7 nitrogen and oxygen atoms in total. The van der Waals surface area contributed by atoms with Gasteiger partial charge in [-0.05, 0) is 36.8 Å². The summed E-state index contributed by atoms with van der Waals surface area (Å²) >= 11 is 0. The molecule has 2 aromatic carbocycles. The molecule has 0 saturated carbocycles. The van der Waals surface area contributed by atoms with Crippen molar-refractivity contribution in [1.29, 1.82) is 0 Å². The van der Waals surface area contributed by atoms with E-state index in [0.29, 0.717) is 11.5 Å². The molecule has 0 aliphatic carbocycles. The van der Waals surface area contributed by atoms with Gasteiger partial charge in [0.05, 0.1) is 5.69 Å². The Morgan fingerprint density at radius 3 is 2.43 bits per heavy atom. The SMILES string of the molecule is Cc1ccc(-c2ncn(C)n2)cc1-c1cc(C(=O)Nc2c(F)cccc2F)nn1C. The van der Waals surface area contributed by atoms with Crippen molar-refractivity contribution < 1.29 is 13.6 Å². The highest BCUT2D eigenvalue weighted by Gasteiger charge is 2.19. The van der Waals surface area contributed by atoms with Crippen LogP contribution >= 0.6 is 0 Å². The number of aromatic nitrogens is 5. The number of hydrogen-bond donors (Lipinski definition) is 1. The lowest BCUT2D eigenvalue weighted by atomic mass is 10.0. The molecule has 4 rings (SSSR count). The Morgan fingerprint density at radius 1 is 1.03 bits per heavy atom. The monoisotopic (exact) mass is 408 g/mol. The second-order valence-corrected chi connectivity index (χ2v) is 6.86. The van der Waals surface area contributed by atoms with Gasteiger partial charge in [-0.15, -0.1) is 0 Å². The predicted octanol–water partition coefficient (Wildman–Crippen LogP) is 3.72. The van der Waals surface area contributed by atoms with Crippen LogP contribution in [0, 0.1) is 18.6 Å². The van der Waals surface area contributed by atoms with Gasteiger partial charge in [0.1, 0.15) is 23.6 Å². The molecule has 9 heteroatoms. The molecule has 0 aliphatic heterocycles. The Bertz CT molecular complexity index is 1240. The number of benzene rings is 2. The maximum Gasteiger partial charge on any atom is 0.276 e. The minimum absolute atomic E-state index is 0.0379. The standard InChI is InChI=1S/C21H18F2N6O/c1-12-7-8-13(20-24-11-28(2)27-20)9-14(12)18-10-17(26-29(18)3)21(30)25-19-15(22)5-4-6-16(19)23/h4-11H,1-3H3,(H,25,30). The summed E-state index contributed by atoms with van der Waals surface area (Å²) in [4.78, 5) is 16.8. The van der Waals surface area contributed by atoms with Crippen molar-refractivity contribution in [3.05, 3.63) is 71.7 Å². The summed E-state index contributed by atoms with van der Waals surface area (Å²) in [5, 5.41) is 10.8. The molecule has 4 aromatic rings. The highest BCUT2D eigenvalue weighted by atomic mass is 19.1. The number of aryl methyl sites for hydroxylation is 3. The van der Waals surface area contributed by atoms with Gasteiger partial charge in [-0.1, -0.05) is 18.2 Å². The van der Waals surface area contributed by atoms with Gasteiger partial charge >= 0.3 is 0 Å². The van der Waals surface area contributed by atoms with Crippen molar-refractivity contribution in [1.82, 2.24) is 24.5 Å². The van der Waals surface area contributed by atoms with Gasteiger partial charge in [0.2, 0.25) is 0 Å². The molecule has 152 valence electrons. The number of carbonyl (C=O) groups is 1. The second kappa shape index (κ2) is 7.51. The largest absolute Gasteiger partial charge is 0.316 e. The van der Waals surface area contributed by atoms with E-state index in [1.54, 1.807) is 35.9 Å². The van der Waals surface area contributed by atoms with Gasteiger partial charge in [-0.2, -0.15) is 10.2 Å². The summed E-state index contributed by atoms with van der Waals surface area (Å²) in [7, 11) is 3.48.